The highest BCUT2D eigenvalue weighted by Crippen LogP contribution is 2.35. The molecule has 2 aromatic carbocycles. The van der Waals surface area contributed by atoms with E-state index in [0.29, 0.717) is 34.8 Å². The van der Waals surface area contributed by atoms with Crippen molar-refractivity contribution in [2.24, 2.45) is 0 Å². The van der Waals surface area contributed by atoms with E-state index in [0.717, 1.165) is 14.7 Å². The summed E-state index contributed by atoms with van der Waals surface area (Å²) in [5, 5.41) is 0.981. The quantitative estimate of drug-likeness (QED) is 0.272. The molecule has 0 bridgehead atoms. The fourth-order valence-electron chi connectivity index (χ4n) is 2.12. The summed E-state index contributed by atoms with van der Waals surface area (Å²) in [5.41, 5.74) is 1.70. The van der Waals surface area contributed by atoms with Crippen LogP contribution in [0.5, 0.6) is 11.5 Å². The summed E-state index contributed by atoms with van der Waals surface area (Å²) in [4.78, 5) is 11.4. The van der Waals surface area contributed by atoms with Crippen molar-refractivity contribution in [1.29, 1.82) is 0 Å². The minimum atomic E-state index is -0.388. The predicted octanol–water partition coefficient (Wildman–Crippen LogP) is 5.76. The Balaban J connectivity index is 2.18. The van der Waals surface area contributed by atoms with Gasteiger partial charge in [-0.05, 0) is 71.0 Å². The number of carbonyl (C=O) groups excluding carboxylic acids is 1. The molecule has 2 rings (SSSR count). The molecule has 0 saturated carbocycles. The van der Waals surface area contributed by atoms with Crippen LogP contribution < -0.4 is 9.47 Å². The highest BCUT2D eigenvalue weighted by molar-refractivity contribution is 14.1. The van der Waals surface area contributed by atoms with Crippen molar-refractivity contribution < 1.29 is 19.0 Å². The van der Waals surface area contributed by atoms with Gasteiger partial charge in [-0.15, -0.1) is 0 Å². The molecule has 138 valence electrons. The molecule has 0 aliphatic carbocycles. The molecule has 0 amide bonds. The number of esters is 1. The fourth-order valence-corrected chi connectivity index (χ4v) is 3.22. The molecule has 26 heavy (non-hydrogen) atoms. The maximum absolute atomic E-state index is 11.4. The number of hydrogen-bond acceptors (Lipinski definition) is 4. The number of benzene rings is 2. The van der Waals surface area contributed by atoms with E-state index in [9.17, 15) is 4.79 Å². The van der Waals surface area contributed by atoms with Gasteiger partial charge in [0.1, 0.15) is 6.61 Å². The number of hydrogen-bond donors (Lipinski definition) is 0. The Kier molecular flexibility index (Phi) is 8.06. The molecular weight excluding hydrogens is 490 g/mol. The Bertz CT molecular complexity index is 821. The lowest BCUT2D eigenvalue weighted by Crippen LogP contribution is -2.01. The topological polar surface area (TPSA) is 44.8 Å². The van der Waals surface area contributed by atoms with E-state index in [4.69, 9.17) is 37.4 Å². The van der Waals surface area contributed by atoms with E-state index >= 15 is 0 Å². The maximum atomic E-state index is 11.4. The van der Waals surface area contributed by atoms with Gasteiger partial charge in [0.05, 0.1) is 27.3 Å². The smallest absolute Gasteiger partial charge is 0.330 e. The number of rotatable bonds is 7. The summed E-state index contributed by atoms with van der Waals surface area (Å²) in [6.45, 7) is 2.42. The van der Waals surface area contributed by atoms with Crippen LogP contribution in [0.15, 0.2) is 36.4 Å². The van der Waals surface area contributed by atoms with E-state index in [1.54, 1.807) is 38.3 Å². The molecule has 0 unspecified atom stereocenters. The van der Waals surface area contributed by atoms with E-state index in [1.807, 2.05) is 12.1 Å². The first-order valence-electron chi connectivity index (χ1n) is 7.73. The van der Waals surface area contributed by atoms with Crippen molar-refractivity contribution in [2.45, 2.75) is 13.5 Å². The molecule has 0 atom stereocenters. The summed E-state index contributed by atoms with van der Waals surface area (Å²) >= 11 is 14.1. The molecule has 0 N–H and O–H groups in total. The minimum Gasteiger partial charge on any atom is -0.493 e. The summed E-state index contributed by atoms with van der Waals surface area (Å²) in [5.74, 6) is 0.800. The van der Waals surface area contributed by atoms with Crippen LogP contribution in [0, 0.1) is 3.57 Å². The minimum absolute atomic E-state index is 0.321. The summed E-state index contributed by atoms with van der Waals surface area (Å²) in [7, 11) is 1.57. The molecule has 2 aromatic rings. The van der Waals surface area contributed by atoms with Gasteiger partial charge < -0.3 is 14.2 Å². The van der Waals surface area contributed by atoms with Crippen LogP contribution in [0.4, 0.5) is 0 Å². The van der Waals surface area contributed by atoms with Gasteiger partial charge in [0.15, 0.2) is 11.5 Å². The van der Waals surface area contributed by atoms with Crippen LogP contribution in [0.3, 0.4) is 0 Å². The first-order chi connectivity index (χ1) is 12.4. The Morgan fingerprint density at radius 2 is 1.96 bits per heavy atom. The van der Waals surface area contributed by atoms with E-state index in [-0.39, 0.29) is 5.97 Å². The molecule has 0 spiro atoms. The average Bonchev–Trinajstić information content (AvgIpc) is 2.61. The lowest BCUT2D eigenvalue weighted by molar-refractivity contribution is -0.137. The third-order valence-corrected chi connectivity index (χ3v) is 4.86. The second kappa shape index (κ2) is 10.0. The Morgan fingerprint density at radius 3 is 2.62 bits per heavy atom. The molecule has 0 fully saturated rings. The molecule has 4 nitrogen and oxygen atoms in total. The highest BCUT2D eigenvalue weighted by atomic mass is 127. The predicted molar refractivity (Wildman–Crippen MR) is 112 cm³/mol. The van der Waals surface area contributed by atoms with Crippen molar-refractivity contribution >= 4 is 57.8 Å². The van der Waals surface area contributed by atoms with E-state index in [1.165, 1.54) is 6.08 Å². The third kappa shape index (κ3) is 5.79. The zero-order valence-corrected chi connectivity index (χ0v) is 17.9. The molecule has 0 aromatic heterocycles. The summed E-state index contributed by atoms with van der Waals surface area (Å²) in [6.07, 6.45) is 3.05. The van der Waals surface area contributed by atoms with E-state index < -0.39 is 0 Å². The molecule has 0 heterocycles. The van der Waals surface area contributed by atoms with E-state index in [2.05, 4.69) is 22.6 Å². The van der Waals surface area contributed by atoms with Crippen molar-refractivity contribution in [3.63, 3.8) is 0 Å². The van der Waals surface area contributed by atoms with Crippen molar-refractivity contribution in [1.82, 2.24) is 0 Å². The third-order valence-electron chi connectivity index (χ3n) is 3.32. The SMILES string of the molecule is CCOC(=O)/C=C/c1cc(I)c(OCc2ccc(Cl)c(Cl)c2)c(OC)c1. The van der Waals surface area contributed by atoms with Gasteiger partial charge in [0.2, 0.25) is 0 Å². The summed E-state index contributed by atoms with van der Waals surface area (Å²) < 4.78 is 17.1. The van der Waals surface area contributed by atoms with Gasteiger partial charge in [0.25, 0.3) is 0 Å². The monoisotopic (exact) mass is 506 g/mol. The molecule has 0 aliphatic rings. The average molecular weight is 507 g/mol. The van der Waals surface area contributed by atoms with Crippen LogP contribution in [0.2, 0.25) is 10.0 Å². The molecular formula is C19H17Cl2IO4. The Hall–Kier alpha value is -1.44. The first-order valence-corrected chi connectivity index (χ1v) is 9.57. The van der Waals surface area contributed by atoms with Crippen LogP contribution >= 0.6 is 45.8 Å². The largest absolute Gasteiger partial charge is 0.493 e. The second-order valence-corrected chi connectivity index (χ2v) is 7.13. The van der Waals surface area contributed by atoms with Gasteiger partial charge in [-0.3, -0.25) is 0 Å². The van der Waals surface area contributed by atoms with Crippen LogP contribution in [-0.2, 0) is 16.1 Å². The second-order valence-electron chi connectivity index (χ2n) is 5.16. The maximum Gasteiger partial charge on any atom is 0.330 e. The lowest BCUT2D eigenvalue weighted by atomic mass is 10.2. The molecule has 0 aliphatic heterocycles. The van der Waals surface area contributed by atoms with Crippen LogP contribution in [0.25, 0.3) is 6.08 Å². The molecule has 0 radical (unpaired) electrons. The fraction of sp³-hybridized carbons (Fsp3) is 0.211. The van der Waals surface area contributed by atoms with Gasteiger partial charge in [-0.1, -0.05) is 29.3 Å². The standard InChI is InChI=1S/C19H17Cl2IO4/c1-3-25-18(23)7-5-12-9-16(22)19(17(10-12)24-2)26-11-13-4-6-14(20)15(21)8-13/h4-10H,3,11H2,1-2H3/b7-5+. The molecule has 7 heteroatoms. The van der Waals surface area contributed by atoms with Gasteiger partial charge >= 0.3 is 5.97 Å². The Morgan fingerprint density at radius 1 is 1.19 bits per heavy atom. The number of carbonyl (C=O) groups is 1. The van der Waals surface area contributed by atoms with Gasteiger partial charge in [-0.25, -0.2) is 4.79 Å². The highest BCUT2D eigenvalue weighted by Gasteiger charge is 2.12. The van der Waals surface area contributed by atoms with Crippen molar-refractivity contribution in [2.75, 3.05) is 13.7 Å². The van der Waals surface area contributed by atoms with Gasteiger partial charge in [0, 0.05) is 6.08 Å². The van der Waals surface area contributed by atoms with Crippen LogP contribution in [-0.4, -0.2) is 19.7 Å². The zero-order chi connectivity index (χ0) is 19.1. The van der Waals surface area contributed by atoms with Crippen molar-refractivity contribution in [3.05, 3.63) is 61.2 Å². The number of methoxy groups -OCH3 is 1. The van der Waals surface area contributed by atoms with Gasteiger partial charge in [-0.2, -0.15) is 0 Å². The number of halogens is 3. The number of ether oxygens (including phenoxy) is 3. The van der Waals surface area contributed by atoms with Crippen molar-refractivity contribution in [3.8, 4) is 11.5 Å². The Labute approximate surface area is 176 Å². The summed E-state index contributed by atoms with van der Waals surface area (Å²) in [6, 6.07) is 9.03. The first kappa shape index (κ1) is 20.9. The van der Waals surface area contributed by atoms with Crippen LogP contribution in [0.1, 0.15) is 18.1 Å². The lowest BCUT2D eigenvalue weighted by Gasteiger charge is -2.14. The normalized spacial score (nSPS) is 10.8. The molecule has 0 saturated heterocycles. The zero-order valence-electron chi connectivity index (χ0n) is 14.2.